The maximum Gasteiger partial charge on any atom is 0.260 e. The van der Waals surface area contributed by atoms with Crippen LogP contribution in [0.15, 0.2) is 47.4 Å². The van der Waals surface area contributed by atoms with Crippen molar-refractivity contribution in [3.63, 3.8) is 0 Å². The number of hydrogen-bond acceptors (Lipinski definition) is 6. The second-order valence-electron chi connectivity index (χ2n) is 7.08. The van der Waals surface area contributed by atoms with Gasteiger partial charge in [0.05, 0.1) is 23.4 Å². The Morgan fingerprint density at radius 2 is 2.00 bits per heavy atom. The molecule has 1 aromatic heterocycles. The summed E-state index contributed by atoms with van der Waals surface area (Å²) in [6, 6.07) is 14.0. The molecule has 0 atom stereocenters. The Balaban J connectivity index is 0.00000256. The molecule has 5 nitrogen and oxygen atoms in total. The van der Waals surface area contributed by atoms with E-state index in [9.17, 15) is 4.79 Å². The predicted octanol–water partition coefficient (Wildman–Crippen LogP) is 4.73. The molecular formula is C22H26ClN3O2S2. The van der Waals surface area contributed by atoms with E-state index in [1.807, 2.05) is 36.1 Å². The van der Waals surface area contributed by atoms with Crippen LogP contribution >= 0.6 is 35.5 Å². The number of aromatic nitrogens is 1. The fourth-order valence-electron chi connectivity index (χ4n) is 3.48. The van der Waals surface area contributed by atoms with Gasteiger partial charge in [-0.15, -0.1) is 24.2 Å². The van der Waals surface area contributed by atoms with Gasteiger partial charge < -0.3 is 4.74 Å². The lowest BCUT2D eigenvalue weighted by Gasteiger charge is -2.29. The summed E-state index contributed by atoms with van der Waals surface area (Å²) >= 11 is 3.27. The van der Waals surface area contributed by atoms with Crippen molar-refractivity contribution in [3.8, 4) is 0 Å². The monoisotopic (exact) mass is 463 g/mol. The minimum atomic E-state index is 0. The van der Waals surface area contributed by atoms with E-state index >= 15 is 0 Å². The molecule has 3 aromatic rings. The van der Waals surface area contributed by atoms with Gasteiger partial charge in [0.2, 0.25) is 0 Å². The van der Waals surface area contributed by atoms with Gasteiger partial charge in [-0.3, -0.25) is 14.6 Å². The van der Waals surface area contributed by atoms with Gasteiger partial charge in [0.15, 0.2) is 5.13 Å². The van der Waals surface area contributed by atoms with Gasteiger partial charge in [0.1, 0.15) is 0 Å². The number of thioether (sulfide) groups is 1. The Morgan fingerprint density at radius 1 is 1.23 bits per heavy atom. The average molecular weight is 464 g/mol. The first-order chi connectivity index (χ1) is 14.2. The molecule has 8 heteroatoms. The number of ether oxygens (including phenoxy) is 1. The molecule has 0 unspecified atom stereocenters. The summed E-state index contributed by atoms with van der Waals surface area (Å²) < 4.78 is 6.56. The van der Waals surface area contributed by atoms with Crippen LogP contribution in [0.2, 0.25) is 0 Å². The first-order valence-corrected chi connectivity index (χ1v) is 11.8. The summed E-state index contributed by atoms with van der Waals surface area (Å²) in [5.41, 5.74) is 2.77. The van der Waals surface area contributed by atoms with Crippen LogP contribution in [0, 0.1) is 6.92 Å². The average Bonchev–Trinajstić information content (AvgIpc) is 3.18. The zero-order valence-electron chi connectivity index (χ0n) is 17.2. The maximum atomic E-state index is 13.4. The Kier molecular flexibility index (Phi) is 8.13. The highest BCUT2D eigenvalue weighted by molar-refractivity contribution is 7.98. The SMILES string of the molecule is CSc1cccc2sc(N(CCN3CCOCC3)C(=O)c3cccc(C)c3)nc12.Cl. The molecule has 1 aliphatic heterocycles. The largest absolute Gasteiger partial charge is 0.379 e. The summed E-state index contributed by atoms with van der Waals surface area (Å²) in [5, 5.41) is 0.765. The van der Waals surface area contributed by atoms with Crippen molar-refractivity contribution in [2.75, 3.05) is 50.5 Å². The van der Waals surface area contributed by atoms with E-state index < -0.39 is 0 Å². The molecule has 1 amide bonds. The van der Waals surface area contributed by atoms with Gasteiger partial charge in [-0.25, -0.2) is 4.98 Å². The minimum Gasteiger partial charge on any atom is -0.379 e. The van der Waals surface area contributed by atoms with Gasteiger partial charge in [-0.2, -0.15) is 0 Å². The Bertz CT molecular complexity index is 1000. The first-order valence-electron chi connectivity index (χ1n) is 9.78. The predicted molar refractivity (Wildman–Crippen MR) is 129 cm³/mol. The number of thiazole rings is 1. The van der Waals surface area contributed by atoms with Crippen molar-refractivity contribution in [2.24, 2.45) is 0 Å². The highest BCUT2D eigenvalue weighted by Crippen LogP contribution is 2.34. The molecule has 0 spiro atoms. The van der Waals surface area contributed by atoms with E-state index in [4.69, 9.17) is 9.72 Å². The van der Waals surface area contributed by atoms with Crippen LogP contribution in [0.25, 0.3) is 10.2 Å². The number of carbonyl (C=O) groups is 1. The quantitative estimate of drug-likeness (QED) is 0.494. The highest BCUT2D eigenvalue weighted by atomic mass is 35.5. The molecule has 1 fully saturated rings. The lowest BCUT2D eigenvalue weighted by molar-refractivity contribution is 0.0391. The number of anilines is 1. The molecule has 160 valence electrons. The van der Waals surface area contributed by atoms with E-state index in [1.54, 1.807) is 23.1 Å². The van der Waals surface area contributed by atoms with Crippen molar-refractivity contribution < 1.29 is 9.53 Å². The van der Waals surface area contributed by atoms with Crippen LogP contribution in [-0.4, -0.2) is 61.4 Å². The number of morpholine rings is 1. The second-order valence-corrected chi connectivity index (χ2v) is 8.94. The molecule has 2 heterocycles. The maximum absolute atomic E-state index is 13.4. The minimum absolute atomic E-state index is 0. The molecule has 0 bridgehead atoms. The number of hydrogen-bond donors (Lipinski definition) is 0. The van der Waals surface area contributed by atoms with E-state index in [1.165, 1.54) is 0 Å². The number of halogens is 1. The first kappa shape index (κ1) is 23.0. The number of rotatable bonds is 6. The number of aryl methyl sites for hydroxylation is 1. The van der Waals surface area contributed by atoms with Crippen LogP contribution < -0.4 is 4.90 Å². The fraction of sp³-hybridized carbons (Fsp3) is 0.364. The molecule has 0 N–H and O–H groups in total. The number of para-hydroxylation sites is 1. The van der Waals surface area contributed by atoms with Crippen molar-refractivity contribution in [1.82, 2.24) is 9.88 Å². The van der Waals surface area contributed by atoms with Gasteiger partial charge in [0, 0.05) is 36.6 Å². The Labute approximate surface area is 191 Å². The third kappa shape index (κ3) is 5.15. The van der Waals surface area contributed by atoms with Crippen LogP contribution in [0.1, 0.15) is 15.9 Å². The number of nitrogens with zero attached hydrogens (tertiary/aromatic N) is 3. The summed E-state index contributed by atoms with van der Waals surface area (Å²) in [4.78, 5) is 23.7. The number of carbonyl (C=O) groups excluding carboxylic acids is 1. The van der Waals surface area contributed by atoms with Crippen molar-refractivity contribution >= 4 is 56.8 Å². The topological polar surface area (TPSA) is 45.7 Å². The standard InChI is InChI=1S/C22H25N3O2S2.ClH/c1-16-5-3-6-17(15-16)21(26)25(10-9-24-11-13-27-14-12-24)22-23-20-18(28-2)7-4-8-19(20)29-22;/h3-8,15H,9-14H2,1-2H3;1H. The number of fused-ring (bicyclic) bond motifs is 1. The molecule has 0 aliphatic carbocycles. The fourth-order valence-corrected chi connectivity index (χ4v) is 5.12. The van der Waals surface area contributed by atoms with Crippen molar-refractivity contribution in [1.29, 1.82) is 0 Å². The van der Waals surface area contributed by atoms with Gasteiger partial charge >= 0.3 is 0 Å². The lowest BCUT2D eigenvalue weighted by Crippen LogP contribution is -2.43. The molecule has 1 aliphatic rings. The highest BCUT2D eigenvalue weighted by Gasteiger charge is 2.23. The summed E-state index contributed by atoms with van der Waals surface area (Å²) in [6.07, 6.45) is 2.06. The number of amides is 1. The molecule has 1 saturated heterocycles. The van der Waals surface area contributed by atoms with Crippen LogP contribution in [-0.2, 0) is 4.74 Å². The molecule has 0 saturated carbocycles. The molecule has 2 aromatic carbocycles. The lowest BCUT2D eigenvalue weighted by atomic mass is 10.1. The van der Waals surface area contributed by atoms with E-state index in [-0.39, 0.29) is 18.3 Å². The van der Waals surface area contributed by atoms with Crippen LogP contribution in [0.3, 0.4) is 0 Å². The van der Waals surface area contributed by atoms with Crippen LogP contribution in [0.4, 0.5) is 5.13 Å². The Hall–Kier alpha value is -1.64. The zero-order valence-corrected chi connectivity index (χ0v) is 19.6. The van der Waals surface area contributed by atoms with E-state index in [0.717, 1.165) is 58.7 Å². The molecule has 0 radical (unpaired) electrons. The number of benzene rings is 2. The summed E-state index contributed by atoms with van der Waals surface area (Å²) in [5.74, 6) is 0.00622. The summed E-state index contributed by atoms with van der Waals surface area (Å²) in [6.45, 7) is 6.75. The zero-order chi connectivity index (χ0) is 20.2. The van der Waals surface area contributed by atoms with E-state index in [0.29, 0.717) is 12.1 Å². The van der Waals surface area contributed by atoms with Gasteiger partial charge in [-0.05, 0) is 37.4 Å². The Morgan fingerprint density at radius 3 is 2.73 bits per heavy atom. The van der Waals surface area contributed by atoms with Crippen molar-refractivity contribution in [3.05, 3.63) is 53.6 Å². The third-order valence-electron chi connectivity index (χ3n) is 5.08. The van der Waals surface area contributed by atoms with Gasteiger partial charge in [-0.1, -0.05) is 35.1 Å². The smallest absolute Gasteiger partial charge is 0.260 e. The van der Waals surface area contributed by atoms with E-state index in [2.05, 4.69) is 29.4 Å². The third-order valence-corrected chi connectivity index (χ3v) is 6.89. The van der Waals surface area contributed by atoms with Crippen LogP contribution in [0.5, 0.6) is 0 Å². The second kappa shape index (κ2) is 10.6. The molecule has 30 heavy (non-hydrogen) atoms. The summed E-state index contributed by atoms with van der Waals surface area (Å²) in [7, 11) is 0. The normalized spacial score (nSPS) is 14.5. The molecular weight excluding hydrogens is 438 g/mol. The molecule has 4 rings (SSSR count). The van der Waals surface area contributed by atoms with Crippen molar-refractivity contribution in [2.45, 2.75) is 11.8 Å². The van der Waals surface area contributed by atoms with Gasteiger partial charge in [0.25, 0.3) is 5.91 Å².